The number of amides is 1. The van der Waals surface area contributed by atoms with Crippen molar-refractivity contribution in [3.63, 3.8) is 0 Å². The van der Waals surface area contributed by atoms with Gasteiger partial charge >= 0.3 is 0 Å². The lowest BCUT2D eigenvalue weighted by molar-refractivity contribution is -0.144. The molecule has 8 heteroatoms. The molecule has 7 atom stereocenters. The first kappa shape index (κ1) is 19.3. The summed E-state index contributed by atoms with van der Waals surface area (Å²) < 4.78 is 23.8. The van der Waals surface area contributed by atoms with Crippen LogP contribution in [0.15, 0.2) is 12.1 Å². The number of benzene rings is 1. The summed E-state index contributed by atoms with van der Waals surface area (Å²) in [6.07, 6.45) is 1.31. The van der Waals surface area contributed by atoms with E-state index in [0.717, 1.165) is 24.3 Å². The van der Waals surface area contributed by atoms with Gasteiger partial charge in [0.1, 0.15) is 17.5 Å². The van der Waals surface area contributed by atoms with Crippen LogP contribution < -0.4 is 14.4 Å². The topological polar surface area (TPSA) is 80.8 Å². The SMILES string of the molecule is COc1cc2c(cc1OC)C13CCN(C)C[C@@]45O[C@@H]4CO[C@H]4CC(=O)N2[C@H]1C4[C@H]5CC3=O. The van der Waals surface area contributed by atoms with E-state index >= 15 is 0 Å². The molecular formula is C24H28N2O6. The van der Waals surface area contributed by atoms with Crippen molar-refractivity contribution >= 4 is 17.4 Å². The van der Waals surface area contributed by atoms with Crippen LogP contribution in [0.1, 0.15) is 24.8 Å². The number of fused-ring (bicyclic) bond motifs is 2. The number of epoxide rings is 1. The second-order valence-electron chi connectivity index (χ2n) is 10.3. The molecule has 5 heterocycles. The van der Waals surface area contributed by atoms with Gasteiger partial charge in [-0.25, -0.2) is 0 Å². The molecule has 1 aromatic rings. The lowest BCUT2D eigenvalue weighted by Gasteiger charge is -2.53. The Morgan fingerprint density at radius 2 is 1.91 bits per heavy atom. The number of anilines is 1. The molecule has 0 N–H and O–H groups in total. The fraction of sp³-hybridized carbons (Fsp3) is 0.667. The maximum atomic E-state index is 14.2. The number of hydrogen-bond acceptors (Lipinski definition) is 7. The Morgan fingerprint density at radius 3 is 2.69 bits per heavy atom. The van der Waals surface area contributed by atoms with Crippen LogP contribution in [-0.4, -0.2) is 81.4 Å². The Labute approximate surface area is 186 Å². The van der Waals surface area contributed by atoms with E-state index in [2.05, 4.69) is 11.9 Å². The van der Waals surface area contributed by atoms with Crippen LogP contribution in [-0.2, 0) is 24.5 Å². The number of likely N-dealkylation sites (N-methyl/N-ethyl adjacent to an activating group) is 1. The standard InChI is InChI=1S/C24H28N2O6/c1-25-5-4-23-12-6-15(29-2)16(30-3)8-14(12)26-20(28)9-17-21(22(23)26)13(7-18(23)27)24(11-25)19(32-24)10-31-17/h6,8,13,17,19,21-22H,4-5,7,9-11H2,1-3H3/t13-,17+,19-,21?,22+,23?,24+/m1/s1. The molecular weight excluding hydrogens is 412 g/mol. The van der Waals surface area contributed by atoms with Gasteiger partial charge < -0.3 is 28.7 Å². The fourth-order valence-electron chi connectivity index (χ4n) is 7.82. The first-order valence-corrected chi connectivity index (χ1v) is 11.5. The van der Waals surface area contributed by atoms with Gasteiger partial charge in [-0.15, -0.1) is 0 Å². The molecule has 1 spiro atoms. The summed E-state index contributed by atoms with van der Waals surface area (Å²) in [5.74, 6) is 1.53. The molecule has 0 radical (unpaired) electrons. The normalized spacial score (nSPS) is 43.6. The van der Waals surface area contributed by atoms with E-state index in [9.17, 15) is 9.59 Å². The highest BCUT2D eigenvalue weighted by Crippen LogP contribution is 2.65. The number of piperidine rings is 1. The minimum atomic E-state index is -0.762. The van der Waals surface area contributed by atoms with Crippen molar-refractivity contribution in [1.29, 1.82) is 0 Å². The predicted octanol–water partition coefficient (Wildman–Crippen LogP) is 1.14. The monoisotopic (exact) mass is 440 g/mol. The van der Waals surface area contributed by atoms with Crippen molar-refractivity contribution in [2.45, 2.75) is 48.5 Å². The average Bonchev–Trinajstić information content (AvgIpc) is 3.39. The molecule has 4 bridgehead atoms. The summed E-state index contributed by atoms with van der Waals surface area (Å²) >= 11 is 0. The Bertz CT molecular complexity index is 1060. The number of carbonyl (C=O) groups is 2. The van der Waals surface area contributed by atoms with Crippen molar-refractivity contribution in [2.24, 2.45) is 11.8 Å². The van der Waals surface area contributed by atoms with Crippen LogP contribution in [0.4, 0.5) is 5.69 Å². The van der Waals surface area contributed by atoms with Crippen LogP contribution in [0.5, 0.6) is 11.5 Å². The highest BCUT2D eigenvalue weighted by Gasteiger charge is 2.75. The van der Waals surface area contributed by atoms with E-state index in [4.69, 9.17) is 18.9 Å². The molecule has 5 fully saturated rings. The molecule has 8 nitrogen and oxygen atoms in total. The summed E-state index contributed by atoms with van der Waals surface area (Å²) in [7, 11) is 5.31. The van der Waals surface area contributed by atoms with Gasteiger partial charge in [0.05, 0.1) is 50.5 Å². The van der Waals surface area contributed by atoms with Gasteiger partial charge in [0, 0.05) is 30.9 Å². The first-order chi connectivity index (χ1) is 15.4. The first-order valence-electron chi connectivity index (χ1n) is 11.5. The smallest absolute Gasteiger partial charge is 0.229 e. The molecule has 1 amide bonds. The third-order valence-corrected chi connectivity index (χ3v) is 9.17. The molecule has 1 aliphatic carbocycles. The van der Waals surface area contributed by atoms with Crippen molar-refractivity contribution in [3.8, 4) is 11.5 Å². The lowest BCUT2D eigenvalue weighted by atomic mass is 9.54. The fourth-order valence-corrected chi connectivity index (χ4v) is 7.82. The molecule has 1 saturated carbocycles. The zero-order valence-corrected chi connectivity index (χ0v) is 18.6. The molecule has 4 saturated heterocycles. The number of ketones is 1. The zero-order valence-electron chi connectivity index (χ0n) is 18.6. The van der Waals surface area contributed by atoms with Gasteiger partial charge in [-0.3, -0.25) is 9.59 Å². The minimum Gasteiger partial charge on any atom is -0.493 e. The second kappa shape index (κ2) is 6.04. The average molecular weight is 440 g/mol. The molecule has 170 valence electrons. The predicted molar refractivity (Wildman–Crippen MR) is 113 cm³/mol. The van der Waals surface area contributed by atoms with E-state index in [1.54, 1.807) is 14.2 Å². The Hall–Kier alpha value is -2.16. The highest BCUT2D eigenvalue weighted by molar-refractivity contribution is 6.06. The number of hydrogen-bond donors (Lipinski definition) is 0. The molecule has 0 aromatic heterocycles. The minimum absolute atomic E-state index is 0.00599. The molecule has 6 aliphatic rings. The summed E-state index contributed by atoms with van der Waals surface area (Å²) in [6, 6.07) is 3.57. The maximum absolute atomic E-state index is 14.2. The van der Waals surface area contributed by atoms with Gasteiger partial charge in [0.15, 0.2) is 11.5 Å². The molecule has 32 heavy (non-hydrogen) atoms. The van der Waals surface area contributed by atoms with E-state index in [0.29, 0.717) is 37.4 Å². The summed E-state index contributed by atoms with van der Waals surface area (Å²) in [6.45, 7) is 2.07. The van der Waals surface area contributed by atoms with Gasteiger partial charge in [-0.05, 0) is 31.6 Å². The van der Waals surface area contributed by atoms with E-state index in [1.165, 1.54) is 0 Å². The highest BCUT2D eigenvalue weighted by atomic mass is 16.6. The summed E-state index contributed by atoms with van der Waals surface area (Å²) in [5, 5.41) is 0. The summed E-state index contributed by atoms with van der Waals surface area (Å²) in [5.41, 5.74) is 0.582. The van der Waals surface area contributed by atoms with Crippen molar-refractivity contribution in [1.82, 2.24) is 4.90 Å². The maximum Gasteiger partial charge on any atom is 0.229 e. The second-order valence-corrected chi connectivity index (χ2v) is 10.3. The quantitative estimate of drug-likeness (QED) is 0.638. The van der Waals surface area contributed by atoms with Crippen molar-refractivity contribution in [3.05, 3.63) is 17.7 Å². The Kier molecular flexibility index (Phi) is 3.65. The van der Waals surface area contributed by atoms with Gasteiger partial charge in [-0.2, -0.15) is 0 Å². The van der Waals surface area contributed by atoms with Crippen LogP contribution in [0.3, 0.4) is 0 Å². The Morgan fingerprint density at radius 1 is 1.12 bits per heavy atom. The van der Waals surface area contributed by atoms with E-state index in [1.807, 2.05) is 17.0 Å². The zero-order chi connectivity index (χ0) is 22.0. The van der Waals surface area contributed by atoms with Crippen LogP contribution in [0, 0.1) is 11.8 Å². The summed E-state index contributed by atoms with van der Waals surface area (Å²) in [4.78, 5) is 31.9. The third-order valence-electron chi connectivity index (χ3n) is 9.17. The van der Waals surface area contributed by atoms with Gasteiger partial charge in [0.25, 0.3) is 0 Å². The lowest BCUT2D eigenvalue weighted by Crippen LogP contribution is -2.67. The largest absolute Gasteiger partial charge is 0.493 e. The number of ether oxygens (including phenoxy) is 4. The third kappa shape index (κ3) is 2.05. The number of Topliss-reactive ketones (excluding diaryl/α,β-unsaturated/α-hetero) is 1. The number of carbonyl (C=O) groups excluding carboxylic acids is 2. The number of rotatable bonds is 2. The van der Waals surface area contributed by atoms with E-state index < -0.39 is 5.41 Å². The van der Waals surface area contributed by atoms with E-state index in [-0.39, 0.29) is 47.4 Å². The molecule has 5 aliphatic heterocycles. The van der Waals surface area contributed by atoms with Crippen LogP contribution >= 0.6 is 0 Å². The van der Waals surface area contributed by atoms with Crippen molar-refractivity contribution < 1.29 is 28.5 Å². The van der Waals surface area contributed by atoms with Crippen molar-refractivity contribution in [2.75, 3.05) is 45.9 Å². The number of nitrogens with zero attached hydrogens (tertiary/aromatic N) is 2. The molecule has 7 rings (SSSR count). The molecule has 1 aromatic carbocycles. The van der Waals surface area contributed by atoms with Gasteiger partial charge in [0.2, 0.25) is 5.91 Å². The van der Waals surface area contributed by atoms with Gasteiger partial charge in [-0.1, -0.05) is 0 Å². The molecule has 2 unspecified atom stereocenters. The van der Waals surface area contributed by atoms with Crippen LogP contribution in [0.2, 0.25) is 0 Å². The Balaban J connectivity index is 1.52. The number of methoxy groups -OCH3 is 2. The van der Waals surface area contributed by atoms with Crippen LogP contribution in [0.25, 0.3) is 0 Å².